The molecule has 1 aromatic rings. The second-order valence-corrected chi connectivity index (χ2v) is 9.18. The predicted molar refractivity (Wildman–Crippen MR) is 119 cm³/mol. The zero-order valence-electron chi connectivity index (χ0n) is 15.8. The standard InChI is InChI=1S/C22H33N2PS/c25-24-17-20-11-12-21(18-23-20)26-16-8-7-15-22(13-5-2-6-14-22)19-9-3-1-4-10-19/h1,3-4,9-12,18,20,23-24H,2,5-8,13-17,25H2. The summed E-state index contributed by atoms with van der Waals surface area (Å²) < 4.78 is 0. The zero-order chi connectivity index (χ0) is 18.1. The molecule has 1 saturated carbocycles. The minimum absolute atomic E-state index is 0.411. The van der Waals surface area contributed by atoms with Gasteiger partial charge in [0.15, 0.2) is 0 Å². The summed E-state index contributed by atoms with van der Waals surface area (Å²) in [6.45, 7) is 0.942. The van der Waals surface area contributed by atoms with E-state index >= 15 is 0 Å². The van der Waals surface area contributed by atoms with Crippen LogP contribution in [0.2, 0.25) is 0 Å². The molecule has 142 valence electrons. The fraction of sp³-hybridized carbons (Fsp3) is 0.545. The molecule has 2 aliphatic rings. The first kappa shape index (κ1) is 20.0. The SMILES string of the molecule is PNCC1C=CC(SCCCCC2(c3ccccc3)CCCCC2)=CN1. The van der Waals surface area contributed by atoms with Crippen LogP contribution in [-0.2, 0) is 5.41 Å². The molecule has 0 aromatic heterocycles. The van der Waals surface area contributed by atoms with Crippen molar-refractivity contribution < 1.29 is 0 Å². The van der Waals surface area contributed by atoms with Gasteiger partial charge in [0.05, 0.1) is 6.04 Å². The average Bonchev–Trinajstić information content (AvgIpc) is 2.71. The molecule has 0 spiro atoms. The number of nitrogens with one attached hydrogen (secondary N) is 2. The summed E-state index contributed by atoms with van der Waals surface area (Å²) in [5, 5.41) is 6.57. The molecular weight excluding hydrogens is 355 g/mol. The van der Waals surface area contributed by atoms with Gasteiger partial charge in [-0.05, 0) is 48.5 Å². The van der Waals surface area contributed by atoms with Gasteiger partial charge in [0.25, 0.3) is 0 Å². The number of rotatable bonds is 9. The largest absolute Gasteiger partial charge is 0.382 e. The summed E-state index contributed by atoms with van der Waals surface area (Å²) in [7, 11) is 2.56. The van der Waals surface area contributed by atoms with Crippen molar-refractivity contribution in [3.8, 4) is 0 Å². The third-order valence-corrected chi connectivity index (χ3v) is 7.10. The highest BCUT2D eigenvalue weighted by atomic mass is 32.2. The monoisotopic (exact) mass is 388 g/mol. The summed E-state index contributed by atoms with van der Waals surface area (Å²) in [6, 6.07) is 11.7. The molecule has 3 rings (SSSR count). The predicted octanol–water partition coefficient (Wildman–Crippen LogP) is 5.54. The van der Waals surface area contributed by atoms with E-state index < -0.39 is 0 Å². The molecule has 0 amide bonds. The minimum Gasteiger partial charge on any atom is -0.382 e. The van der Waals surface area contributed by atoms with Gasteiger partial charge in [0, 0.05) is 17.6 Å². The Balaban J connectivity index is 1.43. The second kappa shape index (κ2) is 10.5. The number of dihydropyridines is 1. The normalized spacial score (nSPS) is 21.9. The molecule has 2 atom stereocenters. The number of benzene rings is 1. The molecule has 2 N–H and O–H groups in total. The molecule has 1 aliphatic heterocycles. The average molecular weight is 389 g/mol. The van der Waals surface area contributed by atoms with E-state index in [-0.39, 0.29) is 0 Å². The van der Waals surface area contributed by atoms with Gasteiger partial charge in [-0.15, -0.1) is 11.8 Å². The molecule has 1 aliphatic carbocycles. The van der Waals surface area contributed by atoms with E-state index in [0.717, 1.165) is 6.54 Å². The van der Waals surface area contributed by atoms with E-state index in [2.05, 4.69) is 68.5 Å². The Labute approximate surface area is 165 Å². The van der Waals surface area contributed by atoms with E-state index in [1.807, 2.05) is 11.8 Å². The first-order valence-electron chi connectivity index (χ1n) is 10.1. The van der Waals surface area contributed by atoms with Crippen molar-refractivity contribution in [1.82, 2.24) is 10.4 Å². The van der Waals surface area contributed by atoms with Crippen molar-refractivity contribution in [2.24, 2.45) is 0 Å². The number of hydrogen-bond donors (Lipinski definition) is 2. The zero-order valence-corrected chi connectivity index (χ0v) is 17.7. The van der Waals surface area contributed by atoms with Crippen LogP contribution < -0.4 is 10.4 Å². The molecule has 1 fully saturated rings. The smallest absolute Gasteiger partial charge is 0.0570 e. The Morgan fingerprint density at radius 1 is 1.12 bits per heavy atom. The van der Waals surface area contributed by atoms with E-state index in [0.29, 0.717) is 11.5 Å². The van der Waals surface area contributed by atoms with Crippen LogP contribution in [0.1, 0.15) is 56.9 Å². The fourth-order valence-corrected chi connectivity index (χ4v) is 5.47. The number of unbranched alkanes of at least 4 members (excludes halogenated alkanes) is 1. The van der Waals surface area contributed by atoms with Gasteiger partial charge in [-0.2, -0.15) is 0 Å². The van der Waals surface area contributed by atoms with Crippen molar-refractivity contribution >= 4 is 21.2 Å². The van der Waals surface area contributed by atoms with Crippen LogP contribution in [0.15, 0.2) is 53.6 Å². The van der Waals surface area contributed by atoms with E-state index in [1.165, 1.54) is 62.0 Å². The quantitative estimate of drug-likeness (QED) is 0.429. The van der Waals surface area contributed by atoms with E-state index in [1.54, 1.807) is 5.56 Å². The summed E-state index contributed by atoms with van der Waals surface area (Å²) in [5.41, 5.74) is 2.04. The maximum atomic E-state index is 3.44. The van der Waals surface area contributed by atoms with Gasteiger partial charge in [-0.25, -0.2) is 0 Å². The van der Waals surface area contributed by atoms with Gasteiger partial charge in [0.2, 0.25) is 0 Å². The first-order chi connectivity index (χ1) is 12.8. The van der Waals surface area contributed by atoms with Crippen LogP contribution in [-0.4, -0.2) is 18.3 Å². The minimum atomic E-state index is 0.411. The lowest BCUT2D eigenvalue weighted by molar-refractivity contribution is 0.268. The van der Waals surface area contributed by atoms with Crippen molar-refractivity contribution in [3.63, 3.8) is 0 Å². The van der Waals surface area contributed by atoms with Gasteiger partial charge in [-0.3, -0.25) is 5.09 Å². The molecule has 2 unspecified atom stereocenters. The van der Waals surface area contributed by atoms with Crippen molar-refractivity contribution in [2.45, 2.75) is 62.8 Å². The molecule has 1 heterocycles. The van der Waals surface area contributed by atoms with Gasteiger partial charge in [-0.1, -0.05) is 71.5 Å². The van der Waals surface area contributed by atoms with Crippen LogP contribution in [0.5, 0.6) is 0 Å². The third-order valence-electron chi connectivity index (χ3n) is 5.79. The van der Waals surface area contributed by atoms with Crippen molar-refractivity contribution in [1.29, 1.82) is 0 Å². The van der Waals surface area contributed by atoms with Gasteiger partial charge >= 0.3 is 0 Å². The van der Waals surface area contributed by atoms with Crippen LogP contribution >= 0.6 is 21.2 Å². The Hall–Kier alpha value is -0.760. The van der Waals surface area contributed by atoms with Gasteiger partial charge < -0.3 is 5.32 Å². The first-order valence-corrected chi connectivity index (χ1v) is 11.6. The Morgan fingerprint density at radius 3 is 2.62 bits per heavy atom. The number of hydrogen-bond acceptors (Lipinski definition) is 3. The molecule has 0 radical (unpaired) electrons. The second-order valence-electron chi connectivity index (χ2n) is 7.60. The highest BCUT2D eigenvalue weighted by Gasteiger charge is 2.32. The van der Waals surface area contributed by atoms with E-state index in [4.69, 9.17) is 0 Å². The lowest BCUT2D eigenvalue weighted by atomic mass is 9.67. The lowest BCUT2D eigenvalue weighted by Crippen LogP contribution is -2.32. The maximum Gasteiger partial charge on any atom is 0.0570 e. The highest BCUT2D eigenvalue weighted by molar-refractivity contribution is 8.03. The molecule has 4 heteroatoms. The third kappa shape index (κ3) is 5.62. The van der Waals surface area contributed by atoms with Crippen LogP contribution in [0.25, 0.3) is 0 Å². The van der Waals surface area contributed by atoms with Gasteiger partial charge in [0.1, 0.15) is 0 Å². The molecule has 0 bridgehead atoms. The number of allylic oxidation sites excluding steroid dienone is 1. The maximum absolute atomic E-state index is 3.44. The van der Waals surface area contributed by atoms with Crippen LogP contribution in [0.3, 0.4) is 0 Å². The van der Waals surface area contributed by atoms with Crippen LogP contribution in [0.4, 0.5) is 0 Å². The fourth-order valence-electron chi connectivity index (χ4n) is 4.31. The summed E-state index contributed by atoms with van der Waals surface area (Å²) in [5.74, 6) is 1.22. The summed E-state index contributed by atoms with van der Waals surface area (Å²) >= 11 is 1.99. The summed E-state index contributed by atoms with van der Waals surface area (Å²) in [6.07, 6.45) is 17.7. The molecule has 2 nitrogen and oxygen atoms in total. The van der Waals surface area contributed by atoms with Crippen LogP contribution in [0, 0.1) is 0 Å². The topological polar surface area (TPSA) is 24.1 Å². The van der Waals surface area contributed by atoms with Crippen molar-refractivity contribution in [3.05, 3.63) is 59.2 Å². The molecule has 26 heavy (non-hydrogen) atoms. The molecule has 0 saturated heterocycles. The lowest BCUT2D eigenvalue weighted by Gasteiger charge is -2.38. The summed E-state index contributed by atoms with van der Waals surface area (Å²) in [4.78, 5) is 1.36. The molecule has 1 aromatic carbocycles. The Kier molecular flexibility index (Phi) is 8.10. The molecular formula is C22H33N2PS. The van der Waals surface area contributed by atoms with E-state index in [9.17, 15) is 0 Å². The Bertz CT molecular complexity index is 593. The van der Waals surface area contributed by atoms with Crippen molar-refractivity contribution in [2.75, 3.05) is 12.3 Å². The highest BCUT2D eigenvalue weighted by Crippen LogP contribution is 2.43. The number of thioether (sulfide) groups is 1. The Morgan fingerprint density at radius 2 is 1.92 bits per heavy atom.